The number of carbonyl (C=O) groups excluding carboxylic acids is 1. The zero-order valence-corrected chi connectivity index (χ0v) is 13.2. The van der Waals surface area contributed by atoms with Crippen LogP contribution in [-0.4, -0.2) is 54.5 Å². The van der Waals surface area contributed by atoms with E-state index in [4.69, 9.17) is 0 Å². The average molecular weight is 289 g/mol. The summed E-state index contributed by atoms with van der Waals surface area (Å²) in [5.74, 6) is 0.210. The molecule has 1 N–H and O–H groups in total. The van der Waals surface area contributed by atoms with Gasteiger partial charge in [0.05, 0.1) is 6.54 Å². The highest BCUT2D eigenvalue weighted by molar-refractivity contribution is 5.78. The maximum Gasteiger partial charge on any atom is 0.236 e. The van der Waals surface area contributed by atoms with Crippen molar-refractivity contribution in [2.75, 3.05) is 32.7 Å². The standard InChI is InChI=1S/C17H27N3O/c1-3-20(4-2)17(21)12-18-16-10-11-19(14-16)13-15-8-6-5-7-9-15/h5-9,16,18H,3-4,10-14H2,1-2H3. The molecule has 1 atom stereocenters. The number of likely N-dealkylation sites (N-methyl/N-ethyl adjacent to an activating group) is 1. The van der Waals surface area contributed by atoms with E-state index in [-0.39, 0.29) is 5.91 Å². The molecular weight excluding hydrogens is 262 g/mol. The number of likely N-dealkylation sites (tertiary alicyclic amines) is 1. The minimum Gasteiger partial charge on any atom is -0.342 e. The van der Waals surface area contributed by atoms with Crippen LogP contribution in [-0.2, 0) is 11.3 Å². The molecule has 2 rings (SSSR count). The molecule has 0 aromatic heterocycles. The number of hydrogen-bond acceptors (Lipinski definition) is 3. The smallest absolute Gasteiger partial charge is 0.236 e. The molecule has 4 heteroatoms. The molecule has 21 heavy (non-hydrogen) atoms. The molecular formula is C17H27N3O. The first kappa shape index (κ1) is 16.0. The van der Waals surface area contributed by atoms with Crippen LogP contribution in [0.2, 0.25) is 0 Å². The molecule has 1 saturated heterocycles. The van der Waals surface area contributed by atoms with Crippen LogP contribution in [0, 0.1) is 0 Å². The van der Waals surface area contributed by atoms with Gasteiger partial charge in [-0.05, 0) is 25.8 Å². The van der Waals surface area contributed by atoms with E-state index >= 15 is 0 Å². The molecule has 1 unspecified atom stereocenters. The molecule has 1 aliphatic rings. The molecule has 0 spiro atoms. The highest BCUT2D eigenvalue weighted by atomic mass is 16.2. The van der Waals surface area contributed by atoms with Crippen molar-refractivity contribution in [1.82, 2.24) is 15.1 Å². The predicted octanol–water partition coefficient (Wildman–Crippen LogP) is 1.72. The van der Waals surface area contributed by atoms with Crippen molar-refractivity contribution >= 4 is 5.91 Å². The first-order valence-corrected chi connectivity index (χ1v) is 8.00. The van der Waals surface area contributed by atoms with Crippen LogP contribution in [0.5, 0.6) is 0 Å². The molecule has 0 saturated carbocycles. The maximum atomic E-state index is 12.0. The summed E-state index contributed by atoms with van der Waals surface area (Å²) in [7, 11) is 0. The van der Waals surface area contributed by atoms with E-state index in [9.17, 15) is 4.79 Å². The molecule has 1 heterocycles. The second kappa shape index (κ2) is 8.15. The molecule has 1 aromatic carbocycles. The van der Waals surface area contributed by atoms with E-state index in [2.05, 4.69) is 40.5 Å². The predicted molar refractivity (Wildman–Crippen MR) is 86.1 cm³/mol. The molecule has 1 aliphatic heterocycles. The van der Waals surface area contributed by atoms with Crippen LogP contribution in [0.3, 0.4) is 0 Å². The van der Waals surface area contributed by atoms with Gasteiger partial charge in [-0.1, -0.05) is 30.3 Å². The molecule has 0 aliphatic carbocycles. The second-order valence-corrected chi connectivity index (χ2v) is 5.65. The highest BCUT2D eigenvalue weighted by Gasteiger charge is 2.23. The Balaban J connectivity index is 1.72. The van der Waals surface area contributed by atoms with E-state index in [0.29, 0.717) is 12.6 Å². The second-order valence-electron chi connectivity index (χ2n) is 5.65. The fourth-order valence-electron chi connectivity index (χ4n) is 2.90. The number of nitrogens with one attached hydrogen (secondary N) is 1. The Kier molecular flexibility index (Phi) is 6.21. The SMILES string of the molecule is CCN(CC)C(=O)CNC1CCN(Cc2ccccc2)C1. The Bertz CT molecular complexity index is 431. The number of rotatable bonds is 7. The van der Waals surface area contributed by atoms with Gasteiger partial charge in [-0.3, -0.25) is 9.69 Å². The van der Waals surface area contributed by atoms with Gasteiger partial charge in [-0.15, -0.1) is 0 Å². The number of hydrogen-bond donors (Lipinski definition) is 1. The summed E-state index contributed by atoms with van der Waals surface area (Å²) < 4.78 is 0. The number of amides is 1. The molecule has 1 aromatic rings. The van der Waals surface area contributed by atoms with Gasteiger partial charge in [-0.25, -0.2) is 0 Å². The Labute approximate surface area is 128 Å². The van der Waals surface area contributed by atoms with Crippen molar-refractivity contribution in [2.45, 2.75) is 32.9 Å². The van der Waals surface area contributed by atoms with Gasteiger partial charge in [-0.2, -0.15) is 0 Å². The van der Waals surface area contributed by atoms with Gasteiger partial charge >= 0.3 is 0 Å². The third-order valence-corrected chi connectivity index (χ3v) is 4.18. The monoisotopic (exact) mass is 289 g/mol. The van der Waals surface area contributed by atoms with Crippen molar-refractivity contribution < 1.29 is 4.79 Å². The average Bonchev–Trinajstić information content (AvgIpc) is 2.95. The summed E-state index contributed by atoms with van der Waals surface area (Å²) >= 11 is 0. The quantitative estimate of drug-likeness (QED) is 0.830. The van der Waals surface area contributed by atoms with E-state index in [0.717, 1.165) is 39.1 Å². The van der Waals surface area contributed by atoms with E-state index in [1.807, 2.05) is 18.7 Å². The zero-order valence-electron chi connectivity index (χ0n) is 13.2. The Morgan fingerprint density at radius 3 is 2.67 bits per heavy atom. The lowest BCUT2D eigenvalue weighted by atomic mass is 10.2. The lowest BCUT2D eigenvalue weighted by Gasteiger charge is -2.21. The zero-order chi connectivity index (χ0) is 15.1. The largest absolute Gasteiger partial charge is 0.342 e. The highest BCUT2D eigenvalue weighted by Crippen LogP contribution is 2.13. The molecule has 1 fully saturated rings. The topological polar surface area (TPSA) is 35.6 Å². The number of carbonyl (C=O) groups is 1. The van der Waals surface area contributed by atoms with Gasteiger partial charge in [0.15, 0.2) is 0 Å². The Morgan fingerprint density at radius 1 is 1.29 bits per heavy atom. The minimum atomic E-state index is 0.210. The Morgan fingerprint density at radius 2 is 2.00 bits per heavy atom. The summed E-state index contributed by atoms with van der Waals surface area (Å²) in [6, 6.07) is 11.0. The van der Waals surface area contributed by atoms with Gasteiger partial charge in [0.2, 0.25) is 5.91 Å². The Hall–Kier alpha value is -1.39. The maximum absolute atomic E-state index is 12.0. The molecule has 0 bridgehead atoms. The van der Waals surface area contributed by atoms with E-state index < -0.39 is 0 Å². The third kappa shape index (κ3) is 4.83. The van der Waals surface area contributed by atoms with Crippen LogP contribution < -0.4 is 5.32 Å². The van der Waals surface area contributed by atoms with Gasteiger partial charge in [0, 0.05) is 38.8 Å². The van der Waals surface area contributed by atoms with Gasteiger partial charge in [0.1, 0.15) is 0 Å². The first-order valence-electron chi connectivity index (χ1n) is 8.00. The van der Waals surface area contributed by atoms with Crippen molar-refractivity contribution in [2.24, 2.45) is 0 Å². The molecule has 116 valence electrons. The normalized spacial score (nSPS) is 18.9. The summed E-state index contributed by atoms with van der Waals surface area (Å²) in [6.45, 7) is 9.24. The molecule has 0 radical (unpaired) electrons. The van der Waals surface area contributed by atoms with Gasteiger partial charge < -0.3 is 10.2 Å². The van der Waals surface area contributed by atoms with Crippen LogP contribution in [0.1, 0.15) is 25.8 Å². The van der Waals surface area contributed by atoms with Crippen molar-refractivity contribution in [1.29, 1.82) is 0 Å². The number of benzene rings is 1. The first-order chi connectivity index (χ1) is 10.2. The minimum absolute atomic E-state index is 0.210. The molecule has 4 nitrogen and oxygen atoms in total. The summed E-state index contributed by atoms with van der Waals surface area (Å²) in [5.41, 5.74) is 1.36. The van der Waals surface area contributed by atoms with Crippen LogP contribution >= 0.6 is 0 Å². The fourth-order valence-corrected chi connectivity index (χ4v) is 2.90. The van der Waals surface area contributed by atoms with Gasteiger partial charge in [0.25, 0.3) is 0 Å². The lowest BCUT2D eigenvalue weighted by Crippen LogP contribution is -2.42. The summed E-state index contributed by atoms with van der Waals surface area (Å²) in [5, 5.41) is 3.41. The summed E-state index contributed by atoms with van der Waals surface area (Å²) in [4.78, 5) is 16.3. The van der Waals surface area contributed by atoms with Crippen molar-refractivity contribution in [3.63, 3.8) is 0 Å². The van der Waals surface area contributed by atoms with E-state index in [1.165, 1.54) is 5.56 Å². The molecule has 1 amide bonds. The third-order valence-electron chi connectivity index (χ3n) is 4.18. The van der Waals surface area contributed by atoms with Crippen LogP contribution in [0.25, 0.3) is 0 Å². The van der Waals surface area contributed by atoms with E-state index in [1.54, 1.807) is 0 Å². The fraction of sp³-hybridized carbons (Fsp3) is 0.588. The van der Waals surface area contributed by atoms with Crippen molar-refractivity contribution in [3.8, 4) is 0 Å². The summed E-state index contributed by atoms with van der Waals surface area (Å²) in [6.07, 6.45) is 1.12. The lowest BCUT2D eigenvalue weighted by molar-refractivity contribution is -0.129. The van der Waals surface area contributed by atoms with Crippen molar-refractivity contribution in [3.05, 3.63) is 35.9 Å². The van der Waals surface area contributed by atoms with Crippen LogP contribution in [0.15, 0.2) is 30.3 Å². The number of nitrogens with zero attached hydrogens (tertiary/aromatic N) is 2. The van der Waals surface area contributed by atoms with Crippen LogP contribution in [0.4, 0.5) is 0 Å².